The molecule has 0 spiro atoms. The van der Waals surface area contributed by atoms with Crippen LogP contribution in [0.5, 0.6) is 11.5 Å². The minimum atomic E-state index is 0.139. The molecule has 1 aliphatic heterocycles. The monoisotopic (exact) mass is 454 g/mol. The highest BCUT2D eigenvalue weighted by atomic mass is 35.5. The highest BCUT2D eigenvalue weighted by molar-refractivity contribution is 7.80. The second-order valence-corrected chi connectivity index (χ2v) is 7.98. The van der Waals surface area contributed by atoms with Crippen molar-refractivity contribution in [2.24, 2.45) is 0 Å². The summed E-state index contributed by atoms with van der Waals surface area (Å²) in [5, 5.41) is 4.88. The summed E-state index contributed by atoms with van der Waals surface area (Å²) in [6, 6.07) is 11.0. The van der Waals surface area contributed by atoms with Gasteiger partial charge in [0.05, 0.1) is 31.0 Å². The number of anilines is 1. The Balaban J connectivity index is 1.81. The van der Waals surface area contributed by atoms with Crippen molar-refractivity contribution in [1.82, 2.24) is 4.90 Å². The fourth-order valence-electron chi connectivity index (χ4n) is 3.23. The number of hydrogen-bond acceptors (Lipinski definition) is 4. The van der Waals surface area contributed by atoms with Crippen molar-refractivity contribution in [1.29, 1.82) is 0 Å². The van der Waals surface area contributed by atoms with Gasteiger partial charge in [-0.25, -0.2) is 0 Å². The molecule has 1 fully saturated rings. The second kappa shape index (κ2) is 10.3. The van der Waals surface area contributed by atoms with Gasteiger partial charge in [-0.05, 0) is 55.4 Å². The Hall–Kier alpha value is -1.73. The number of nitrogens with zero attached hydrogens (tertiary/aromatic N) is 1. The first-order valence-corrected chi connectivity index (χ1v) is 10.5. The summed E-state index contributed by atoms with van der Waals surface area (Å²) in [5.41, 5.74) is 1.71. The van der Waals surface area contributed by atoms with Crippen LogP contribution in [0.15, 0.2) is 36.4 Å². The van der Waals surface area contributed by atoms with Crippen LogP contribution in [0, 0.1) is 0 Å². The first kappa shape index (κ1) is 22.0. The predicted molar refractivity (Wildman–Crippen MR) is 122 cm³/mol. The Morgan fingerprint density at radius 1 is 1.21 bits per heavy atom. The largest absolute Gasteiger partial charge is 0.497 e. The van der Waals surface area contributed by atoms with E-state index in [9.17, 15) is 0 Å². The van der Waals surface area contributed by atoms with Gasteiger partial charge < -0.3 is 24.4 Å². The van der Waals surface area contributed by atoms with E-state index in [4.69, 9.17) is 49.6 Å². The van der Waals surface area contributed by atoms with Crippen LogP contribution < -0.4 is 14.8 Å². The van der Waals surface area contributed by atoms with E-state index >= 15 is 0 Å². The van der Waals surface area contributed by atoms with Gasteiger partial charge in [-0.3, -0.25) is 0 Å². The van der Waals surface area contributed by atoms with Gasteiger partial charge in [-0.15, -0.1) is 0 Å². The van der Waals surface area contributed by atoms with Gasteiger partial charge in [0, 0.05) is 36.3 Å². The molecule has 0 amide bonds. The van der Waals surface area contributed by atoms with E-state index in [0.29, 0.717) is 33.9 Å². The molecule has 1 aliphatic rings. The molecule has 5 nitrogen and oxygen atoms in total. The van der Waals surface area contributed by atoms with Gasteiger partial charge in [-0.2, -0.15) is 0 Å². The smallest absolute Gasteiger partial charge is 0.173 e. The number of benzene rings is 2. The third-order valence-electron chi connectivity index (χ3n) is 4.76. The van der Waals surface area contributed by atoms with E-state index < -0.39 is 0 Å². The van der Waals surface area contributed by atoms with Crippen molar-refractivity contribution in [2.75, 3.05) is 32.7 Å². The molecular formula is C21H24Cl2N2O3S. The zero-order valence-electron chi connectivity index (χ0n) is 16.4. The van der Waals surface area contributed by atoms with E-state index in [0.717, 1.165) is 36.5 Å². The van der Waals surface area contributed by atoms with Gasteiger partial charge in [0.1, 0.15) is 11.5 Å². The maximum absolute atomic E-state index is 6.31. The molecule has 2 aromatic rings. The Labute approximate surface area is 186 Å². The maximum Gasteiger partial charge on any atom is 0.173 e. The number of ether oxygens (including phenoxy) is 3. The Morgan fingerprint density at radius 2 is 2.03 bits per heavy atom. The van der Waals surface area contributed by atoms with E-state index in [1.807, 2.05) is 24.3 Å². The summed E-state index contributed by atoms with van der Waals surface area (Å²) < 4.78 is 16.7. The zero-order chi connectivity index (χ0) is 20.8. The van der Waals surface area contributed by atoms with Crippen LogP contribution in [0.3, 0.4) is 0 Å². The minimum absolute atomic E-state index is 0.139. The number of halogens is 2. The van der Waals surface area contributed by atoms with Crippen LogP contribution in [0.25, 0.3) is 0 Å². The molecule has 156 valence electrons. The minimum Gasteiger partial charge on any atom is -0.497 e. The van der Waals surface area contributed by atoms with Gasteiger partial charge in [0.2, 0.25) is 0 Å². The lowest BCUT2D eigenvalue weighted by Crippen LogP contribution is -2.39. The van der Waals surface area contributed by atoms with Crippen molar-refractivity contribution < 1.29 is 14.2 Å². The van der Waals surface area contributed by atoms with Crippen LogP contribution in [0.2, 0.25) is 10.0 Å². The highest BCUT2D eigenvalue weighted by Crippen LogP contribution is 2.28. The molecule has 1 atom stereocenters. The SMILES string of the molecule is COc1ccc(CN(C[C@@H]2CCCO2)C(=S)Nc2ccc(Cl)cc2Cl)c(OC)c1. The average Bonchev–Trinajstić information content (AvgIpc) is 3.23. The van der Waals surface area contributed by atoms with Crippen LogP contribution in [-0.4, -0.2) is 43.5 Å². The standard InChI is InChI=1S/C21H24Cl2N2O3S/c1-26-16-7-5-14(20(11-16)27-2)12-25(13-17-4-3-9-28-17)21(29)24-19-8-6-15(22)10-18(19)23/h5-8,10-11,17H,3-4,9,12-13H2,1-2H3,(H,24,29)/t17-/m0/s1. The molecule has 29 heavy (non-hydrogen) atoms. The molecule has 1 N–H and O–H groups in total. The lowest BCUT2D eigenvalue weighted by molar-refractivity contribution is 0.0903. The third-order valence-corrected chi connectivity index (χ3v) is 5.67. The number of hydrogen-bond donors (Lipinski definition) is 1. The molecule has 8 heteroatoms. The molecule has 3 rings (SSSR count). The highest BCUT2D eigenvalue weighted by Gasteiger charge is 2.22. The first-order chi connectivity index (χ1) is 14.0. The van der Waals surface area contributed by atoms with E-state index in [1.54, 1.807) is 26.4 Å². The molecule has 0 aromatic heterocycles. The van der Waals surface area contributed by atoms with Crippen molar-refractivity contribution in [3.63, 3.8) is 0 Å². The molecule has 0 bridgehead atoms. The molecule has 0 saturated carbocycles. The van der Waals surface area contributed by atoms with E-state index in [2.05, 4.69) is 10.2 Å². The quantitative estimate of drug-likeness (QED) is 0.565. The summed E-state index contributed by atoms with van der Waals surface area (Å²) in [7, 11) is 3.28. The van der Waals surface area contributed by atoms with Gasteiger partial charge >= 0.3 is 0 Å². The van der Waals surface area contributed by atoms with Crippen LogP contribution in [-0.2, 0) is 11.3 Å². The Morgan fingerprint density at radius 3 is 2.69 bits per heavy atom. The molecule has 0 radical (unpaired) electrons. The van der Waals surface area contributed by atoms with Gasteiger partial charge in [-0.1, -0.05) is 23.2 Å². The fourth-order valence-corrected chi connectivity index (χ4v) is 3.93. The zero-order valence-corrected chi connectivity index (χ0v) is 18.7. The van der Waals surface area contributed by atoms with Gasteiger partial charge in [0.25, 0.3) is 0 Å². The molecule has 1 heterocycles. The van der Waals surface area contributed by atoms with Crippen molar-refractivity contribution in [2.45, 2.75) is 25.5 Å². The maximum atomic E-state index is 6.31. The average molecular weight is 455 g/mol. The number of methoxy groups -OCH3 is 2. The number of thiocarbonyl (C=S) groups is 1. The van der Waals surface area contributed by atoms with Crippen molar-refractivity contribution >= 4 is 46.2 Å². The third kappa shape index (κ3) is 5.89. The van der Waals surface area contributed by atoms with Crippen molar-refractivity contribution in [3.8, 4) is 11.5 Å². The van der Waals surface area contributed by atoms with Gasteiger partial charge in [0.15, 0.2) is 5.11 Å². The fraction of sp³-hybridized carbons (Fsp3) is 0.381. The lowest BCUT2D eigenvalue weighted by Gasteiger charge is -2.29. The molecule has 1 saturated heterocycles. The summed E-state index contributed by atoms with van der Waals surface area (Å²) in [4.78, 5) is 2.07. The Bertz CT molecular complexity index is 860. The lowest BCUT2D eigenvalue weighted by atomic mass is 10.1. The molecular weight excluding hydrogens is 431 g/mol. The molecule has 0 unspecified atom stereocenters. The summed E-state index contributed by atoms with van der Waals surface area (Å²) in [5.74, 6) is 1.49. The summed E-state index contributed by atoms with van der Waals surface area (Å²) in [6.07, 6.45) is 2.22. The number of rotatable bonds is 7. The number of nitrogens with one attached hydrogen (secondary N) is 1. The molecule has 2 aromatic carbocycles. The van der Waals surface area contributed by atoms with E-state index in [1.165, 1.54) is 0 Å². The van der Waals surface area contributed by atoms with Crippen LogP contribution in [0.4, 0.5) is 5.69 Å². The summed E-state index contributed by atoms with van der Waals surface area (Å²) in [6.45, 7) is 2.02. The van der Waals surface area contributed by atoms with E-state index in [-0.39, 0.29) is 6.10 Å². The first-order valence-electron chi connectivity index (χ1n) is 9.33. The molecule has 0 aliphatic carbocycles. The summed E-state index contributed by atoms with van der Waals surface area (Å²) >= 11 is 18.0. The predicted octanol–water partition coefficient (Wildman–Crippen LogP) is 5.39. The second-order valence-electron chi connectivity index (χ2n) is 6.75. The van der Waals surface area contributed by atoms with Crippen molar-refractivity contribution in [3.05, 3.63) is 52.0 Å². The Kier molecular flexibility index (Phi) is 7.84. The topological polar surface area (TPSA) is 43.0 Å². The normalized spacial score (nSPS) is 15.8. The van der Waals surface area contributed by atoms with Crippen LogP contribution >= 0.6 is 35.4 Å². The van der Waals surface area contributed by atoms with Crippen LogP contribution in [0.1, 0.15) is 18.4 Å².